The van der Waals surface area contributed by atoms with Gasteiger partial charge >= 0.3 is 5.97 Å². The minimum Gasteiger partial charge on any atom is -0.480 e. The molecule has 12 heteroatoms. The third kappa shape index (κ3) is 9.16. The van der Waals surface area contributed by atoms with Crippen LogP contribution in [0, 0.1) is 17.2 Å². The van der Waals surface area contributed by atoms with Gasteiger partial charge in [0, 0.05) is 13.1 Å². The van der Waals surface area contributed by atoms with Gasteiger partial charge < -0.3 is 37.4 Å². The molecule has 3 amide bonds. The van der Waals surface area contributed by atoms with Gasteiger partial charge in [0.15, 0.2) is 5.96 Å². The lowest BCUT2D eigenvalue weighted by molar-refractivity contribution is -0.145. The smallest absolute Gasteiger partial charge is 0.326 e. The molecule has 1 saturated heterocycles. The second-order valence-corrected chi connectivity index (χ2v) is 9.54. The van der Waals surface area contributed by atoms with Gasteiger partial charge in [-0.05, 0) is 43.9 Å². The van der Waals surface area contributed by atoms with E-state index in [1.54, 1.807) is 13.8 Å². The summed E-state index contributed by atoms with van der Waals surface area (Å²) in [7, 11) is 0. The van der Waals surface area contributed by atoms with Crippen molar-refractivity contribution in [2.45, 2.75) is 84.0 Å². The maximum absolute atomic E-state index is 13.3. The van der Waals surface area contributed by atoms with Crippen LogP contribution in [-0.2, 0) is 19.2 Å². The molecule has 4 atom stereocenters. The van der Waals surface area contributed by atoms with Crippen molar-refractivity contribution in [2.75, 3.05) is 13.1 Å². The van der Waals surface area contributed by atoms with Gasteiger partial charge in [-0.1, -0.05) is 27.7 Å². The molecular formula is C22H41N7O5. The lowest BCUT2D eigenvalue weighted by atomic mass is 9.99. The van der Waals surface area contributed by atoms with Crippen LogP contribution in [0.1, 0.15) is 59.8 Å². The van der Waals surface area contributed by atoms with E-state index in [4.69, 9.17) is 16.9 Å². The highest BCUT2D eigenvalue weighted by molar-refractivity contribution is 5.94. The predicted molar refractivity (Wildman–Crippen MR) is 128 cm³/mol. The van der Waals surface area contributed by atoms with Gasteiger partial charge in [0.25, 0.3) is 0 Å². The average molecular weight is 484 g/mol. The van der Waals surface area contributed by atoms with Crippen molar-refractivity contribution >= 4 is 29.7 Å². The molecule has 0 aromatic carbocycles. The normalized spacial score (nSPS) is 18.3. The summed E-state index contributed by atoms with van der Waals surface area (Å²) in [6.07, 6.45) is 2.00. The van der Waals surface area contributed by atoms with E-state index < -0.39 is 42.0 Å². The predicted octanol–water partition coefficient (Wildman–Crippen LogP) is -0.676. The van der Waals surface area contributed by atoms with Crippen molar-refractivity contribution in [3.63, 3.8) is 0 Å². The highest BCUT2D eigenvalue weighted by Gasteiger charge is 2.40. The van der Waals surface area contributed by atoms with Crippen molar-refractivity contribution in [1.29, 1.82) is 5.41 Å². The van der Waals surface area contributed by atoms with Gasteiger partial charge in [-0.2, -0.15) is 0 Å². The Bertz CT molecular complexity index is 743. The number of rotatable bonds is 13. The monoisotopic (exact) mass is 483 g/mol. The molecule has 0 bridgehead atoms. The Hall–Kier alpha value is -2.89. The first-order chi connectivity index (χ1) is 15.8. The minimum absolute atomic E-state index is 0.139. The van der Waals surface area contributed by atoms with Gasteiger partial charge in [-0.15, -0.1) is 0 Å². The molecule has 194 valence electrons. The van der Waals surface area contributed by atoms with E-state index in [0.717, 1.165) is 0 Å². The van der Waals surface area contributed by atoms with Crippen LogP contribution >= 0.6 is 0 Å². The molecule has 1 rings (SSSR count). The zero-order valence-electron chi connectivity index (χ0n) is 20.6. The Labute approximate surface area is 201 Å². The van der Waals surface area contributed by atoms with Crippen LogP contribution in [0.4, 0.5) is 0 Å². The molecule has 0 radical (unpaired) electrons. The van der Waals surface area contributed by atoms with Gasteiger partial charge in [-0.3, -0.25) is 19.8 Å². The molecule has 4 unspecified atom stereocenters. The first-order valence-electron chi connectivity index (χ1n) is 11.8. The number of nitrogens with two attached hydrogens (primary N) is 2. The van der Waals surface area contributed by atoms with E-state index >= 15 is 0 Å². The van der Waals surface area contributed by atoms with Gasteiger partial charge in [-0.25, -0.2) is 4.79 Å². The molecular weight excluding hydrogens is 442 g/mol. The van der Waals surface area contributed by atoms with E-state index in [2.05, 4.69) is 16.0 Å². The maximum Gasteiger partial charge on any atom is 0.326 e. The summed E-state index contributed by atoms with van der Waals surface area (Å²) in [6, 6.07) is -3.52. The number of carboxylic acid groups (broad SMARTS) is 1. The fourth-order valence-electron chi connectivity index (χ4n) is 3.93. The van der Waals surface area contributed by atoms with Crippen LogP contribution < -0.4 is 27.4 Å². The number of hydrogen-bond acceptors (Lipinski definition) is 6. The fraction of sp³-hybridized carbons (Fsp3) is 0.773. The molecule has 34 heavy (non-hydrogen) atoms. The fourth-order valence-corrected chi connectivity index (χ4v) is 3.93. The summed E-state index contributed by atoms with van der Waals surface area (Å²) in [5, 5.41) is 24.5. The largest absolute Gasteiger partial charge is 0.480 e. The molecule has 1 fully saturated rings. The topological polar surface area (TPSA) is 204 Å². The van der Waals surface area contributed by atoms with Gasteiger partial charge in [0.1, 0.15) is 18.1 Å². The number of amides is 3. The third-order valence-electron chi connectivity index (χ3n) is 5.73. The molecule has 0 saturated carbocycles. The molecule has 0 spiro atoms. The van der Waals surface area contributed by atoms with Crippen molar-refractivity contribution < 1.29 is 24.3 Å². The summed E-state index contributed by atoms with van der Waals surface area (Å²) < 4.78 is 0. The van der Waals surface area contributed by atoms with E-state index in [1.165, 1.54) is 4.90 Å². The molecule has 0 aromatic heterocycles. The number of nitrogens with zero attached hydrogens (tertiary/aromatic N) is 1. The van der Waals surface area contributed by atoms with Crippen LogP contribution in [0.15, 0.2) is 0 Å². The number of hydrogen-bond donors (Lipinski definition) is 7. The minimum atomic E-state index is -1.18. The average Bonchev–Trinajstić information content (AvgIpc) is 3.22. The van der Waals surface area contributed by atoms with Crippen LogP contribution in [0.3, 0.4) is 0 Å². The van der Waals surface area contributed by atoms with E-state index in [9.17, 15) is 24.3 Å². The van der Waals surface area contributed by atoms with Crippen molar-refractivity contribution in [3.05, 3.63) is 0 Å². The Morgan fingerprint density at radius 2 is 1.79 bits per heavy atom. The SMILES string of the molecule is CC(C)CC(N)C(=O)NC(C(=O)N1CCCC1C(=O)NC(CCCNC(=N)N)C(=O)O)C(C)C. The van der Waals surface area contributed by atoms with Crippen LogP contribution in [-0.4, -0.2) is 76.9 Å². The summed E-state index contributed by atoms with van der Waals surface area (Å²) in [5.41, 5.74) is 11.2. The highest BCUT2D eigenvalue weighted by Crippen LogP contribution is 2.21. The quantitative estimate of drug-likeness (QED) is 0.101. The lowest BCUT2D eigenvalue weighted by Gasteiger charge is -2.31. The molecule has 1 aliphatic rings. The lowest BCUT2D eigenvalue weighted by Crippen LogP contribution is -2.58. The first-order valence-corrected chi connectivity index (χ1v) is 11.8. The van der Waals surface area contributed by atoms with E-state index in [0.29, 0.717) is 38.8 Å². The zero-order chi connectivity index (χ0) is 26.0. The van der Waals surface area contributed by atoms with Crippen LogP contribution in [0.25, 0.3) is 0 Å². The molecule has 1 heterocycles. The van der Waals surface area contributed by atoms with Crippen molar-refractivity contribution in [1.82, 2.24) is 20.9 Å². The maximum atomic E-state index is 13.3. The number of nitrogens with one attached hydrogen (secondary N) is 4. The summed E-state index contributed by atoms with van der Waals surface area (Å²) in [5.74, 6) is -2.73. The Balaban J connectivity index is 2.83. The standard InChI is InChI=1S/C22H41N7O5/c1-12(2)11-14(23)18(30)28-17(13(3)4)20(32)29-10-6-8-16(29)19(31)27-15(21(33)34)7-5-9-26-22(24)25/h12-17H,5-11,23H2,1-4H3,(H,27,31)(H,28,30)(H,33,34)(H4,24,25,26). The second kappa shape index (κ2) is 13.7. The molecule has 0 aliphatic carbocycles. The first kappa shape index (κ1) is 29.1. The van der Waals surface area contributed by atoms with Crippen molar-refractivity contribution in [2.24, 2.45) is 23.3 Å². The van der Waals surface area contributed by atoms with E-state index in [-0.39, 0.29) is 30.1 Å². The third-order valence-corrected chi connectivity index (χ3v) is 5.73. The zero-order valence-corrected chi connectivity index (χ0v) is 20.6. The Kier molecular flexibility index (Phi) is 11.8. The molecule has 9 N–H and O–H groups in total. The number of carbonyl (C=O) groups is 4. The Morgan fingerprint density at radius 1 is 1.15 bits per heavy atom. The number of carboxylic acids is 1. The summed E-state index contributed by atoms with van der Waals surface area (Å²) in [6.45, 7) is 8.16. The number of guanidine groups is 1. The summed E-state index contributed by atoms with van der Waals surface area (Å²) in [4.78, 5) is 51.8. The van der Waals surface area contributed by atoms with Gasteiger partial charge in [0.05, 0.1) is 6.04 Å². The molecule has 12 nitrogen and oxygen atoms in total. The second-order valence-electron chi connectivity index (χ2n) is 9.54. The number of aliphatic carboxylic acids is 1. The van der Waals surface area contributed by atoms with Crippen LogP contribution in [0.2, 0.25) is 0 Å². The van der Waals surface area contributed by atoms with E-state index in [1.807, 2.05) is 13.8 Å². The number of carbonyl (C=O) groups excluding carboxylic acids is 3. The van der Waals surface area contributed by atoms with Crippen molar-refractivity contribution in [3.8, 4) is 0 Å². The molecule has 0 aromatic rings. The summed E-state index contributed by atoms with van der Waals surface area (Å²) >= 11 is 0. The van der Waals surface area contributed by atoms with Gasteiger partial charge in [0.2, 0.25) is 17.7 Å². The highest BCUT2D eigenvalue weighted by atomic mass is 16.4. The number of likely N-dealkylation sites (tertiary alicyclic amines) is 1. The Morgan fingerprint density at radius 3 is 2.32 bits per heavy atom. The molecule has 1 aliphatic heterocycles. The van der Waals surface area contributed by atoms with Crippen LogP contribution in [0.5, 0.6) is 0 Å².